The number of fused-ring (bicyclic) bond motifs is 1. The second-order valence-corrected chi connectivity index (χ2v) is 4.68. The average Bonchev–Trinajstić information content (AvgIpc) is 2.48. The van der Waals surface area contributed by atoms with Gasteiger partial charge in [-0.2, -0.15) is 0 Å². The Morgan fingerprint density at radius 2 is 2.09 bits per heavy atom. The van der Waals surface area contributed by atoms with E-state index in [1.165, 1.54) is 4.90 Å². The molecule has 8 heteroatoms. The summed E-state index contributed by atoms with van der Waals surface area (Å²) in [4.78, 5) is 35.2. The third kappa shape index (κ3) is 3.73. The number of aliphatic hydroxyl groups excluding tert-OH is 1. The summed E-state index contributed by atoms with van der Waals surface area (Å²) in [6.45, 7) is -0.163. The fourth-order valence-electron chi connectivity index (χ4n) is 2.07. The topological polar surface area (TPSA) is 116 Å². The highest BCUT2D eigenvalue weighted by atomic mass is 16.5. The first-order valence-corrected chi connectivity index (χ1v) is 6.71. The predicted molar refractivity (Wildman–Crippen MR) is 76.9 cm³/mol. The van der Waals surface area contributed by atoms with E-state index in [0.29, 0.717) is 17.1 Å². The third-order valence-corrected chi connectivity index (χ3v) is 3.08. The van der Waals surface area contributed by atoms with Crippen LogP contribution < -0.4 is 15.0 Å². The van der Waals surface area contributed by atoms with Gasteiger partial charge in [-0.05, 0) is 18.2 Å². The largest absolute Gasteiger partial charge is 0.482 e. The van der Waals surface area contributed by atoms with Gasteiger partial charge in [0.05, 0.1) is 18.7 Å². The maximum absolute atomic E-state index is 11.8. The van der Waals surface area contributed by atoms with Gasteiger partial charge in [0.1, 0.15) is 5.75 Å². The Kier molecular flexibility index (Phi) is 4.95. The quantitative estimate of drug-likeness (QED) is 0.691. The van der Waals surface area contributed by atoms with Crippen LogP contribution in [0, 0.1) is 0 Å². The molecule has 0 unspecified atom stereocenters. The molecule has 22 heavy (non-hydrogen) atoms. The van der Waals surface area contributed by atoms with E-state index >= 15 is 0 Å². The first-order valence-electron chi connectivity index (χ1n) is 6.71. The lowest BCUT2D eigenvalue weighted by molar-refractivity contribution is -0.138. The molecule has 1 aliphatic heterocycles. The molecule has 1 aromatic rings. The maximum Gasteiger partial charge on any atom is 0.303 e. The number of nitrogens with one attached hydrogen (secondary N) is 1. The molecule has 8 nitrogen and oxygen atoms in total. The van der Waals surface area contributed by atoms with Crippen LogP contribution in [0.3, 0.4) is 0 Å². The molecule has 0 aromatic heterocycles. The molecule has 2 amide bonds. The number of rotatable bonds is 6. The van der Waals surface area contributed by atoms with Crippen LogP contribution in [0.4, 0.5) is 11.4 Å². The molecule has 0 saturated heterocycles. The van der Waals surface area contributed by atoms with Crippen molar-refractivity contribution in [1.82, 2.24) is 0 Å². The van der Waals surface area contributed by atoms with Gasteiger partial charge in [-0.25, -0.2) is 0 Å². The zero-order chi connectivity index (χ0) is 16.1. The van der Waals surface area contributed by atoms with Crippen molar-refractivity contribution < 1.29 is 29.3 Å². The van der Waals surface area contributed by atoms with Gasteiger partial charge in [0.2, 0.25) is 5.91 Å². The molecule has 118 valence electrons. The molecular formula is C14H16N2O6. The number of benzene rings is 1. The lowest BCUT2D eigenvalue weighted by Crippen LogP contribution is -2.40. The molecule has 1 aliphatic rings. The fourth-order valence-corrected chi connectivity index (χ4v) is 2.07. The van der Waals surface area contributed by atoms with Gasteiger partial charge in [0.25, 0.3) is 5.91 Å². The molecule has 3 N–H and O–H groups in total. The van der Waals surface area contributed by atoms with Gasteiger partial charge >= 0.3 is 5.97 Å². The molecular weight excluding hydrogens is 292 g/mol. The molecule has 0 fully saturated rings. The Bertz CT molecular complexity index is 601. The first-order chi connectivity index (χ1) is 10.5. The monoisotopic (exact) mass is 308 g/mol. The van der Waals surface area contributed by atoms with Crippen LogP contribution in [0.2, 0.25) is 0 Å². The number of hydrogen-bond acceptors (Lipinski definition) is 5. The number of carbonyl (C=O) groups excluding carboxylic acids is 2. The van der Waals surface area contributed by atoms with E-state index in [4.69, 9.17) is 14.9 Å². The van der Waals surface area contributed by atoms with E-state index < -0.39 is 11.9 Å². The van der Waals surface area contributed by atoms with Crippen molar-refractivity contribution in [2.24, 2.45) is 0 Å². The van der Waals surface area contributed by atoms with E-state index in [-0.39, 0.29) is 38.5 Å². The summed E-state index contributed by atoms with van der Waals surface area (Å²) in [5, 5.41) is 20.2. The van der Waals surface area contributed by atoms with Gasteiger partial charge in [-0.1, -0.05) is 0 Å². The number of hydrogen-bond donors (Lipinski definition) is 3. The second-order valence-electron chi connectivity index (χ2n) is 4.68. The molecule has 0 aliphatic carbocycles. The zero-order valence-corrected chi connectivity index (χ0v) is 11.7. The first kappa shape index (κ1) is 15.8. The normalized spacial score (nSPS) is 13.3. The fraction of sp³-hybridized carbons (Fsp3) is 0.357. The minimum atomic E-state index is -1.05. The summed E-state index contributed by atoms with van der Waals surface area (Å²) >= 11 is 0. The van der Waals surface area contributed by atoms with E-state index in [9.17, 15) is 14.4 Å². The maximum atomic E-state index is 11.8. The molecule has 0 saturated carbocycles. The average molecular weight is 308 g/mol. The van der Waals surface area contributed by atoms with Crippen LogP contribution in [0.25, 0.3) is 0 Å². The second kappa shape index (κ2) is 6.90. The number of carbonyl (C=O) groups is 3. The zero-order valence-electron chi connectivity index (χ0n) is 11.7. The minimum absolute atomic E-state index is 0.0999. The number of anilines is 2. The Morgan fingerprint density at radius 1 is 1.32 bits per heavy atom. The summed E-state index contributed by atoms with van der Waals surface area (Å²) in [6.07, 6.45) is -0.392. The highest BCUT2D eigenvalue weighted by molar-refractivity contribution is 5.99. The number of carboxylic acids is 1. The van der Waals surface area contributed by atoms with Crippen LogP contribution in [-0.2, 0) is 14.4 Å². The van der Waals surface area contributed by atoms with Crippen LogP contribution in [0.15, 0.2) is 18.2 Å². The molecule has 0 radical (unpaired) electrons. The third-order valence-electron chi connectivity index (χ3n) is 3.08. The van der Waals surface area contributed by atoms with Crippen molar-refractivity contribution in [3.63, 3.8) is 0 Å². The van der Waals surface area contributed by atoms with Crippen LogP contribution in [-0.4, -0.2) is 47.8 Å². The Balaban J connectivity index is 2.14. The molecule has 1 heterocycles. The highest BCUT2D eigenvalue weighted by Gasteiger charge is 2.25. The molecule has 2 rings (SSSR count). The van der Waals surface area contributed by atoms with Crippen LogP contribution in [0.1, 0.15) is 12.8 Å². The Morgan fingerprint density at radius 3 is 2.77 bits per heavy atom. The van der Waals surface area contributed by atoms with Gasteiger partial charge in [0.15, 0.2) is 6.61 Å². The standard InChI is InChI=1S/C14H16N2O6/c17-6-5-16-10-7-9(15-12(18)3-4-14(20)21)1-2-11(10)22-8-13(16)19/h1-2,7,17H,3-6,8H2,(H,15,18)(H,20,21). The number of ether oxygens (including phenoxy) is 1. The number of nitrogens with zero attached hydrogens (tertiary/aromatic N) is 1. The van der Waals surface area contributed by atoms with Crippen LogP contribution in [0.5, 0.6) is 5.75 Å². The SMILES string of the molecule is O=C(O)CCC(=O)Nc1ccc2c(c1)N(CCO)C(=O)CO2. The Labute approximate surface area is 126 Å². The Hall–Kier alpha value is -2.61. The number of aliphatic carboxylic acids is 1. The molecule has 0 atom stereocenters. The van der Waals surface area contributed by atoms with E-state index in [1.54, 1.807) is 18.2 Å². The number of amides is 2. The van der Waals surface area contributed by atoms with E-state index in [0.717, 1.165) is 0 Å². The summed E-state index contributed by atoms with van der Waals surface area (Å²) in [7, 11) is 0. The lowest BCUT2D eigenvalue weighted by atomic mass is 10.2. The highest BCUT2D eigenvalue weighted by Crippen LogP contribution is 2.34. The van der Waals surface area contributed by atoms with Crippen molar-refractivity contribution in [2.45, 2.75) is 12.8 Å². The minimum Gasteiger partial charge on any atom is -0.482 e. The van der Waals surface area contributed by atoms with Crippen molar-refractivity contribution in [2.75, 3.05) is 30.0 Å². The van der Waals surface area contributed by atoms with E-state index in [1.807, 2.05) is 0 Å². The molecule has 1 aromatic carbocycles. The number of β-amino-alcohol motifs (C(OH)–C–C–N with tert-alkyl or cyclic N) is 1. The van der Waals surface area contributed by atoms with E-state index in [2.05, 4.69) is 5.32 Å². The number of aliphatic hydroxyl groups is 1. The predicted octanol–water partition coefficient (Wildman–Crippen LogP) is 0.208. The lowest BCUT2D eigenvalue weighted by Gasteiger charge is -2.29. The van der Waals surface area contributed by atoms with Gasteiger partial charge < -0.3 is 25.2 Å². The van der Waals surface area contributed by atoms with Crippen molar-refractivity contribution in [1.29, 1.82) is 0 Å². The van der Waals surface area contributed by atoms with Gasteiger partial charge in [-0.15, -0.1) is 0 Å². The summed E-state index contributed by atoms with van der Waals surface area (Å²) in [6, 6.07) is 4.77. The summed E-state index contributed by atoms with van der Waals surface area (Å²) < 4.78 is 5.29. The smallest absolute Gasteiger partial charge is 0.303 e. The number of carboxylic acid groups (broad SMARTS) is 1. The molecule has 0 bridgehead atoms. The van der Waals surface area contributed by atoms with Gasteiger partial charge in [0, 0.05) is 18.7 Å². The summed E-state index contributed by atoms with van der Waals surface area (Å²) in [5.74, 6) is -1.28. The summed E-state index contributed by atoms with van der Waals surface area (Å²) in [5.41, 5.74) is 0.886. The van der Waals surface area contributed by atoms with Crippen molar-refractivity contribution in [3.8, 4) is 5.75 Å². The van der Waals surface area contributed by atoms with Crippen LogP contribution >= 0.6 is 0 Å². The van der Waals surface area contributed by atoms with Crippen molar-refractivity contribution >= 4 is 29.2 Å². The van der Waals surface area contributed by atoms with Crippen molar-refractivity contribution in [3.05, 3.63) is 18.2 Å². The molecule has 0 spiro atoms. The van der Waals surface area contributed by atoms with Gasteiger partial charge in [-0.3, -0.25) is 14.4 Å².